The molecule has 0 aromatic heterocycles. The van der Waals surface area contributed by atoms with Gasteiger partial charge in [-0.2, -0.15) is 0 Å². The highest BCUT2D eigenvalue weighted by molar-refractivity contribution is 7.80. The smallest absolute Gasteiger partial charge is 0.264 e. The van der Waals surface area contributed by atoms with Gasteiger partial charge in [0.25, 0.3) is 5.91 Å². The van der Waals surface area contributed by atoms with Crippen molar-refractivity contribution in [3.63, 3.8) is 0 Å². The Hall–Kier alpha value is -2.54. The largest absolute Gasteiger partial charge is 0.484 e. The van der Waals surface area contributed by atoms with Crippen LogP contribution in [0.1, 0.15) is 0 Å². The summed E-state index contributed by atoms with van der Waals surface area (Å²) in [5, 5.41) is 5.09. The molecule has 7 heteroatoms. The maximum Gasteiger partial charge on any atom is 0.264 e. The minimum absolute atomic E-state index is 0.0262. The lowest BCUT2D eigenvalue weighted by Gasteiger charge is -2.10. The van der Waals surface area contributed by atoms with Crippen molar-refractivity contribution in [3.8, 4) is 5.75 Å². The third-order valence-corrected chi connectivity index (χ3v) is 2.72. The van der Waals surface area contributed by atoms with Gasteiger partial charge in [-0.15, -0.1) is 0 Å². The molecule has 0 heterocycles. The molecule has 0 saturated heterocycles. The molecule has 2 rings (SSSR count). The molecular weight excluding hydrogens is 310 g/mol. The Morgan fingerprint density at radius 1 is 1.09 bits per heavy atom. The number of carbonyl (C=O) groups is 1. The van der Waals surface area contributed by atoms with E-state index in [1.54, 1.807) is 6.07 Å². The van der Waals surface area contributed by atoms with Crippen molar-refractivity contribution in [3.05, 3.63) is 60.2 Å². The SMILES string of the molecule is O=C(COc1ccc(F)cc1)NC(=S)Nc1cccc(F)c1. The summed E-state index contributed by atoms with van der Waals surface area (Å²) in [5.41, 5.74) is 0.421. The van der Waals surface area contributed by atoms with Crippen LogP contribution in [0.4, 0.5) is 14.5 Å². The zero-order valence-corrected chi connectivity index (χ0v) is 12.1. The average Bonchev–Trinajstić information content (AvgIpc) is 2.46. The molecule has 2 aromatic carbocycles. The van der Waals surface area contributed by atoms with E-state index in [0.717, 1.165) is 0 Å². The van der Waals surface area contributed by atoms with Crippen molar-refractivity contribution < 1.29 is 18.3 Å². The molecule has 0 atom stereocenters. The first-order valence-electron chi connectivity index (χ1n) is 6.28. The van der Waals surface area contributed by atoms with E-state index in [1.807, 2.05) is 0 Å². The summed E-state index contributed by atoms with van der Waals surface area (Å²) < 4.78 is 30.9. The predicted molar refractivity (Wildman–Crippen MR) is 82.7 cm³/mol. The van der Waals surface area contributed by atoms with E-state index in [2.05, 4.69) is 10.6 Å². The molecule has 0 aliphatic rings. The zero-order valence-electron chi connectivity index (χ0n) is 11.3. The number of thiocarbonyl (C=S) groups is 1. The van der Waals surface area contributed by atoms with Crippen molar-refractivity contribution >= 4 is 28.9 Å². The molecular formula is C15H12F2N2O2S. The van der Waals surface area contributed by atoms with E-state index in [1.165, 1.54) is 42.5 Å². The van der Waals surface area contributed by atoms with Gasteiger partial charge in [-0.1, -0.05) is 6.07 Å². The number of benzene rings is 2. The van der Waals surface area contributed by atoms with E-state index in [0.29, 0.717) is 11.4 Å². The molecule has 22 heavy (non-hydrogen) atoms. The fourth-order valence-electron chi connectivity index (χ4n) is 1.57. The van der Waals surface area contributed by atoms with Crippen LogP contribution in [0, 0.1) is 11.6 Å². The number of carbonyl (C=O) groups excluding carboxylic acids is 1. The Morgan fingerprint density at radius 3 is 2.50 bits per heavy atom. The first kappa shape index (κ1) is 15.8. The Bertz CT molecular complexity index is 677. The van der Waals surface area contributed by atoms with Crippen LogP contribution >= 0.6 is 12.2 Å². The van der Waals surface area contributed by atoms with Crippen molar-refractivity contribution in [1.82, 2.24) is 5.32 Å². The second-order valence-electron chi connectivity index (χ2n) is 4.26. The minimum atomic E-state index is -0.488. The van der Waals surface area contributed by atoms with Gasteiger partial charge < -0.3 is 10.1 Å². The quantitative estimate of drug-likeness (QED) is 0.850. The molecule has 0 saturated carbocycles. The lowest BCUT2D eigenvalue weighted by atomic mass is 10.3. The van der Waals surface area contributed by atoms with Crippen molar-refractivity contribution in [2.45, 2.75) is 0 Å². The second kappa shape index (κ2) is 7.46. The highest BCUT2D eigenvalue weighted by atomic mass is 32.1. The summed E-state index contributed by atoms with van der Waals surface area (Å²) in [6.45, 7) is -0.281. The van der Waals surface area contributed by atoms with Crippen LogP contribution in [-0.2, 0) is 4.79 Å². The molecule has 0 fully saturated rings. The summed E-state index contributed by atoms with van der Waals surface area (Å²) in [7, 11) is 0. The van der Waals surface area contributed by atoms with Gasteiger partial charge in [0, 0.05) is 5.69 Å². The number of rotatable bonds is 4. The fourth-order valence-corrected chi connectivity index (χ4v) is 1.80. The average molecular weight is 322 g/mol. The molecule has 0 bridgehead atoms. The lowest BCUT2D eigenvalue weighted by Crippen LogP contribution is -2.37. The number of amides is 1. The van der Waals surface area contributed by atoms with Gasteiger partial charge in [-0.05, 0) is 54.7 Å². The number of hydrogen-bond donors (Lipinski definition) is 2. The third-order valence-electron chi connectivity index (χ3n) is 2.52. The van der Waals surface area contributed by atoms with E-state index < -0.39 is 17.5 Å². The van der Waals surface area contributed by atoms with Gasteiger partial charge in [0.2, 0.25) is 0 Å². The summed E-state index contributed by atoms with van der Waals surface area (Å²) in [5.74, 6) is -0.935. The summed E-state index contributed by atoms with van der Waals surface area (Å²) in [4.78, 5) is 11.6. The summed E-state index contributed by atoms with van der Waals surface area (Å²) in [6.07, 6.45) is 0. The monoisotopic (exact) mass is 322 g/mol. The molecule has 2 N–H and O–H groups in total. The fraction of sp³-hybridized carbons (Fsp3) is 0.0667. The summed E-state index contributed by atoms with van der Waals surface area (Å²) in [6, 6.07) is 10.9. The van der Waals surface area contributed by atoms with Crippen LogP contribution in [-0.4, -0.2) is 17.6 Å². The van der Waals surface area contributed by atoms with Crippen LogP contribution in [0.25, 0.3) is 0 Å². The van der Waals surface area contributed by atoms with E-state index in [9.17, 15) is 13.6 Å². The van der Waals surface area contributed by atoms with Crippen LogP contribution in [0.2, 0.25) is 0 Å². The first-order valence-corrected chi connectivity index (χ1v) is 6.68. The Kier molecular flexibility index (Phi) is 5.37. The van der Waals surface area contributed by atoms with E-state index in [4.69, 9.17) is 17.0 Å². The molecule has 0 aliphatic carbocycles. The molecule has 0 unspecified atom stereocenters. The maximum absolute atomic E-state index is 13.0. The van der Waals surface area contributed by atoms with Crippen molar-refractivity contribution in [2.75, 3.05) is 11.9 Å². The normalized spacial score (nSPS) is 9.91. The van der Waals surface area contributed by atoms with E-state index >= 15 is 0 Å². The second-order valence-corrected chi connectivity index (χ2v) is 4.66. The maximum atomic E-state index is 13.0. The standard InChI is InChI=1S/C15H12F2N2O2S/c16-10-4-6-13(7-5-10)21-9-14(20)19-15(22)18-12-3-1-2-11(17)8-12/h1-8H,9H2,(H2,18,19,20,22). The van der Waals surface area contributed by atoms with Gasteiger partial charge in [0.05, 0.1) is 0 Å². The van der Waals surface area contributed by atoms with Crippen molar-refractivity contribution in [2.24, 2.45) is 0 Å². The van der Waals surface area contributed by atoms with E-state index in [-0.39, 0.29) is 11.7 Å². The highest BCUT2D eigenvalue weighted by Gasteiger charge is 2.06. The van der Waals surface area contributed by atoms with Gasteiger partial charge in [-0.25, -0.2) is 8.78 Å². The number of ether oxygens (including phenoxy) is 1. The Labute approximate surface area is 131 Å². The Balaban J connectivity index is 1.79. The van der Waals surface area contributed by atoms with Crippen LogP contribution in [0.15, 0.2) is 48.5 Å². The molecule has 0 radical (unpaired) electrons. The van der Waals surface area contributed by atoms with Gasteiger partial charge >= 0.3 is 0 Å². The molecule has 2 aromatic rings. The van der Waals surface area contributed by atoms with Crippen molar-refractivity contribution in [1.29, 1.82) is 0 Å². The predicted octanol–water partition coefficient (Wildman–Crippen LogP) is 2.86. The minimum Gasteiger partial charge on any atom is -0.484 e. The summed E-state index contributed by atoms with van der Waals surface area (Å²) >= 11 is 4.93. The molecule has 0 aliphatic heterocycles. The van der Waals surface area contributed by atoms with Gasteiger partial charge in [0.1, 0.15) is 17.4 Å². The van der Waals surface area contributed by atoms with Crippen LogP contribution in [0.3, 0.4) is 0 Å². The van der Waals surface area contributed by atoms with Crippen LogP contribution < -0.4 is 15.4 Å². The number of nitrogens with one attached hydrogen (secondary N) is 2. The zero-order chi connectivity index (χ0) is 15.9. The topological polar surface area (TPSA) is 50.4 Å². The first-order chi connectivity index (χ1) is 10.5. The van der Waals surface area contributed by atoms with Gasteiger partial charge in [0.15, 0.2) is 11.7 Å². The van der Waals surface area contributed by atoms with Crippen LogP contribution in [0.5, 0.6) is 5.75 Å². The molecule has 1 amide bonds. The lowest BCUT2D eigenvalue weighted by molar-refractivity contribution is -0.121. The molecule has 4 nitrogen and oxygen atoms in total. The molecule has 114 valence electrons. The number of halogens is 2. The van der Waals surface area contributed by atoms with Gasteiger partial charge in [-0.3, -0.25) is 10.1 Å². The Morgan fingerprint density at radius 2 is 1.82 bits per heavy atom. The molecule has 0 spiro atoms. The number of hydrogen-bond acceptors (Lipinski definition) is 3. The third kappa shape index (κ3) is 5.10. The highest BCUT2D eigenvalue weighted by Crippen LogP contribution is 2.11. The number of anilines is 1.